The van der Waals surface area contributed by atoms with Crippen LogP contribution >= 0.6 is 11.6 Å². The second-order valence-corrected chi connectivity index (χ2v) is 4.05. The SMILES string of the molecule is CC(N=C1NC(=O)C(=O)N1)c1ccc(Cl)cc1. The molecule has 5 nitrogen and oxygen atoms in total. The van der Waals surface area contributed by atoms with Gasteiger partial charge in [-0.3, -0.25) is 20.2 Å². The lowest BCUT2D eigenvalue weighted by Crippen LogP contribution is -2.26. The van der Waals surface area contributed by atoms with Crippen molar-refractivity contribution in [2.45, 2.75) is 13.0 Å². The van der Waals surface area contributed by atoms with Gasteiger partial charge in [0.1, 0.15) is 0 Å². The summed E-state index contributed by atoms with van der Waals surface area (Å²) in [4.78, 5) is 26.0. The molecule has 0 radical (unpaired) electrons. The van der Waals surface area contributed by atoms with Crippen molar-refractivity contribution in [2.24, 2.45) is 4.99 Å². The van der Waals surface area contributed by atoms with E-state index in [-0.39, 0.29) is 12.0 Å². The smallest absolute Gasteiger partial charge is 0.288 e. The third-order valence-corrected chi connectivity index (χ3v) is 2.60. The fraction of sp³-hybridized carbons (Fsp3) is 0.182. The summed E-state index contributed by atoms with van der Waals surface area (Å²) in [6.45, 7) is 1.85. The predicted octanol–water partition coefficient (Wildman–Crippen LogP) is 1.00. The van der Waals surface area contributed by atoms with Crippen LogP contribution in [0, 0.1) is 0 Å². The Balaban J connectivity index is 2.14. The van der Waals surface area contributed by atoms with E-state index >= 15 is 0 Å². The molecule has 2 rings (SSSR count). The summed E-state index contributed by atoms with van der Waals surface area (Å²) in [5, 5.41) is 5.33. The molecule has 1 aromatic carbocycles. The molecule has 1 saturated heterocycles. The van der Waals surface area contributed by atoms with E-state index in [9.17, 15) is 9.59 Å². The molecular weight excluding hydrogens is 242 g/mol. The van der Waals surface area contributed by atoms with Crippen molar-refractivity contribution in [1.82, 2.24) is 10.6 Å². The van der Waals surface area contributed by atoms with Crippen LogP contribution in [0.15, 0.2) is 29.3 Å². The maximum atomic E-state index is 10.9. The molecule has 88 valence electrons. The number of benzene rings is 1. The Hall–Kier alpha value is -1.88. The molecule has 2 amide bonds. The third kappa shape index (κ3) is 2.62. The molecule has 1 atom stereocenters. The normalized spacial score (nSPS) is 16.5. The average Bonchev–Trinajstić information content (AvgIpc) is 2.58. The van der Waals surface area contributed by atoms with Gasteiger partial charge >= 0.3 is 11.8 Å². The Morgan fingerprint density at radius 2 is 1.65 bits per heavy atom. The van der Waals surface area contributed by atoms with Crippen LogP contribution in [0.4, 0.5) is 0 Å². The summed E-state index contributed by atoms with van der Waals surface area (Å²) in [6.07, 6.45) is 0. The molecule has 0 bridgehead atoms. The molecule has 1 aliphatic rings. The number of carbonyl (C=O) groups excluding carboxylic acids is 2. The molecule has 1 unspecified atom stereocenters. The first-order chi connectivity index (χ1) is 8.06. The van der Waals surface area contributed by atoms with Crippen molar-refractivity contribution in [2.75, 3.05) is 0 Å². The first-order valence-electron chi connectivity index (χ1n) is 5.02. The van der Waals surface area contributed by atoms with Crippen molar-refractivity contribution in [3.8, 4) is 0 Å². The van der Waals surface area contributed by atoms with E-state index in [0.717, 1.165) is 5.56 Å². The van der Waals surface area contributed by atoms with Gasteiger partial charge in [-0.2, -0.15) is 0 Å². The largest absolute Gasteiger partial charge is 0.316 e. The Morgan fingerprint density at radius 3 is 2.18 bits per heavy atom. The third-order valence-electron chi connectivity index (χ3n) is 2.35. The molecule has 0 aromatic heterocycles. The summed E-state index contributed by atoms with van der Waals surface area (Å²) in [7, 11) is 0. The molecule has 1 aromatic rings. The van der Waals surface area contributed by atoms with Gasteiger partial charge in [-0.25, -0.2) is 4.99 Å². The number of nitrogens with zero attached hydrogens (tertiary/aromatic N) is 1. The van der Waals surface area contributed by atoms with Crippen LogP contribution < -0.4 is 10.6 Å². The van der Waals surface area contributed by atoms with Gasteiger partial charge in [-0.05, 0) is 24.6 Å². The highest BCUT2D eigenvalue weighted by atomic mass is 35.5. The second kappa shape index (κ2) is 4.55. The molecule has 0 spiro atoms. The highest BCUT2D eigenvalue weighted by Gasteiger charge is 2.25. The van der Waals surface area contributed by atoms with Gasteiger partial charge in [0, 0.05) is 5.02 Å². The molecule has 2 N–H and O–H groups in total. The monoisotopic (exact) mass is 251 g/mol. The Labute approximate surface area is 103 Å². The van der Waals surface area contributed by atoms with E-state index < -0.39 is 11.8 Å². The number of aliphatic imine (C=N–C) groups is 1. The maximum Gasteiger partial charge on any atom is 0.316 e. The number of rotatable bonds is 2. The number of guanidine groups is 1. The van der Waals surface area contributed by atoms with Crippen LogP contribution in [0.1, 0.15) is 18.5 Å². The van der Waals surface area contributed by atoms with Crippen LogP contribution in [-0.4, -0.2) is 17.8 Å². The lowest BCUT2D eigenvalue weighted by Gasteiger charge is -2.07. The number of halogens is 1. The maximum absolute atomic E-state index is 10.9. The van der Waals surface area contributed by atoms with Crippen molar-refractivity contribution in [3.05, 3.63) is 34.9 Å². The molecular formula is C11H10ClN3O2. The van der Waals surface area contributed by atoms with E-state index in [1.165, 1.54) is 0 Å². The average molecular weight is 252 g/mol. The number of carbonyl (C=O) groups is 2. The molecule has 1 fully saturated rings. The standard InChI is InChI=1S/C11H10ClN3O2/c1-6(7-2-4-8(12)5-3-7)13-11-14-9(16)10(17)15-11/h2-6H,1H3,(H2,13,14,15,16,17). The molecule has 0 saturated carbocycles. The summed E-state index contributed by atoms with van der Waals surface area (Å²) < 4.78 is 0. The van der Waals surface area contributed by atoms with Gasteiger partial charge in [0.25, 0.3) is 0 Å². The Bertz CT molecular complexity index is 478. The van der Waals surface area contributed by atoms with Gasteiger partial charge in [-0.15, -0.1) is 0 Å². The summed E-state index contributed by atoms with van der Waals surface area (Å²) >= 11 is 5.78. The minimum Gasteiger partial charge on any atom is -0.288 e. The van der Waals surface area contributed by atoms with E-state index in [0.29, 0.717) is 5.02 Å². The lowest BCUT2D eigenvalue weighted by atomic mass is 10.1. The van der Waals surface area contributed by atoms with Crippen molar-refractivity contribution >= 4 is 29.4 Å². The minimum atomic E-state index is -0.688. The van der Waals surface area contributed by atoms with E-state index in [4.69, 9.17) is 11.6 Å². The van der Waals surface area contributed by atoms with Gasteiger partial charge in [0.05, 0.1) is 6.04 Å². The fourth-order valence-electron chi connectivity index (χ4n) is 1.43. The number of amides is 2. The number of nitrogens with one attached hydrogen (secondary N) is 2. The summed E-state index contributed by atoms with van der Waals surface area (Å²) in [5.41, 5.74) is 0.942. The fourth-order valence-corrected chi connectivity index (χ4v) is 1.56. The molecule has 0 aliphatic carbocycles. The van der Waals surface area contributed by atoms with Gasteiger partial charge in [0.2, 0.25) is 5.96 Å². The van der Waals surface area contributed by atoms with E-state index in [1.54, 1.807) is 12.1 Å². The molecule has 6 heteroatoms. The first kappa shape index (κ1) is 11.6. The van der Waals surface area contributed by atoms with Gasteiger partial charge in [-0.1, -0.05) is 23.7 Å². The summed E-state index contributed by atoms with van der Waals surface area (Å²) in [6, 6.07) is 7.03. The molecule has 17 heavy (non-hydrogen) atoms. The van der Waals surface area contributed by atoms with Crippen LogP contribution in [0.3, 0.4) is 0 Å². The number of hydrogen-bond donors (Lipinski definition) is 2. The van der Waals surface area contributed by atoms with Gasteiger partial charge in [0.15, 0.2) is 0 Å². The number of hydrogen-bond acceptors (Lipinski definition) is 3. The Kier molecular flexibility index (Phi) is 3.10. The van der Waals surface area contributed by atoms with Crippen LogP contribution in [0.25, 0.3) is 0 Å². The van der Waals surface area contributed by atoms with Crippen molar-refractivity contribution in [3.63, 3.8) is 0 Å². The van der Waals surface area contributed by atoms with Crippen LogP contribution in [0.5, 0.6) is 0 Å². The lowest BCUT2D eigenvalue weighted by molar-refractivity contribution is -0.135. The molecule has 1 heterocycles. The summed E-state index contributed by atoms with van der Waals surface area (Å²) in [5.74, 6) is -1.19. The predicted molar refractivity (Wildman–Crippen MR) is 63.6 cm³/mol. The van der Waals surface area contributed by atoms with E-state index in [2.05, 4.69) is 15.6 Å². The van der Waals surface area contributed by atoms with Crippen LogP contribution in [-0.2, 0) is 9.59 Å². The Morgan fingerprint density at radius 1 is 1.12 bits per heavy atom. The highest BCUT2D eigenvalue weighted by molar-refractivity contribution is 6.45. The second-order valence-electron chi connectivity index (χ2n) is 3.61. The van der Waals surface area contributed by atoms with Crippen molar-refractivity contribution in [1.29, 1.82) is 0 Å². The minimum absolute atomic E-state index is 0.180. The highest BCUT2D eigenvalue weighted by Crippen LogP contribution is 2.19. The van der Waals surface area contributed by atoms with Crippen molar-refractivity contribution < 1.29 is 9.59 Å². The zero-order valence-corrected chi connectivity index (χ0v) is 9.78. The zero-order chi connectivity index (χ0) is 12.4. The van der Waals surface area contributed by atoms with Gasteiger partial charge < -0.3 is 0 Å². The quantitative estimate of drug-likeness (QED) is 0.770. The zero-order valence-electron chi connectivity index (χ0n) is 9.03. The topological polar surface area (TPSA) is 70.6 Å². The van der Waals surface area contributed by atoms with E-state index in [1.807, 2.05) is 19.1 Å². The van der Waals surface area contributed by atoms with Crippen LogP contribution in [0.2, 0.25) is 5.02 Å². The first-order valence-corrected chi connectivity index (χ1v) is 5.39. The molecule has 1 aliphatic heterocycles.